The first-order valence-electron chi connectivity index (χ1n) is 8.08. The number of nitrogens with two attached hydrogens (primary N) is 1. The van der Waals surface area contributed by atoms with Gasteiger partial charge in [0.15, 0.2) is 0 Å². The summed E-state index contributed by atoms with van der Waals surface area (Å²) in [6.07, 6.45) is -1.66. The van der Waals surface area contributed by atoms with Crippen LogP contribution in [-0.4, -0.2) is 27.1 Å². The van der Waals surface area contributed by atoms with Crippen LogP contribution in [0, 0.1) is 0 Å². The third kappa shape index (κ3) is 3.29. The molecular weight excluding hydrogens is 349 g/mol. The topological polar surface area (TPSA) is 83.0 Å². The number of carbonyl (C=O) groups excluding carboxylic acids is 1. The molecule has 2 N–H and O–H groups in total. The molecule has 0 amide bonds. The van der Waals surface area contributed by atoms with Gasteiger partial charge in [-0.3, -0.25) is 4.79 Å². The molecule has 1 aromatic carbocycles. The van der Waals surface area contributed by atoms with E-state index in [4.69, 9.17) is 10.5 Å². The quantitative estimate of drug-likeness (QED) is 0.552. The zero-order valence-electron chi connectivity index (χ0n) is 14.0. The lowest BCUT2D eigenvalue weighted by molar-refractivity contribution is -0.144. The number of esters is 1. The highest BCUT2D eigenvalue weighted by molar-refractivity contribution is 6.11. The molecule has 6 nitrogen and oxygen atoms in total. The van der Waals surface area contributed by atoms with Crippen LogP contribution < -0.4 is 5.73 Å². The Kier molecular flexibility index (Phi) is 4.71. The van der Waals surface area contributed by atoms with Crippen LogP contribution in [0.1, 0.15) is 25.3 Å². The van der Waals surface area contributed by atoms with E-state index in [0.29, 0.717) is 17.8 Å². The molecule has 0 bridgehead atoms. The molecule has 3 aromatic rings. The van der Waals surface area contributed by atoms with Crippen molar-refractivity contribution in [1.29, 1.82) is 0 Å². The molecular formula is C17H17F3N4O2. The molecule has 0 aliphatic rings. The number of hydrogen-bond acceptors (Lipinski definition) is 5. The number of alkyl halides is 3. The molecule has 0 unspecified atom stereocenters. The van der Waals surface area contributed by atoms with Gasteiger partial charge in [0.1, 0.15) is 24.3 Å². The second kappa shape index (κ2) is 6.81. The van der Waals surface area contributed by atoms with Crippen LogP contribution in [0.15, 0.2) is 24.5 Å². The predicted octanol–water partition coefficient (Wildman–Crippen LogP) is 3.53. The van der Waals surface area contributed by atoms with Gasteiger partial charge in [-0.1, -0.05) is 13.3 Å². The Hall–Kier alpha value is -2.84. The van der Waals surface area contributed by atoms with Crippen LogP contribution in [-0.2, 0) is 22.3 Å². The highest BCUT2D eigenvalue weighted by Crippen LogP contribution is 2.36. The number of benzene rings is 1. The van der Waals surface area contributed by atoms with Crippen molar-refractivity contribution in [1.82, 2.24) is 14.5 Å². The molecule has 0 atom stereocenters. The monoisotopic (exact) mass is 366 g/mol. The fraction of sp³-hybridized carbons (Fsp3) is 0.353. The van der Waals surface area contributed by atoms with Gasteiger partial charge in [0, 0.05) is 5.39 Å². The van der Waals surface area contributed by atoms with E-state index in [1.54, 1.807) is 0 Å². The number of nitrogens with zero attached hydrogens (tertiary/aromatic N) is 3. The summed E-state index contributed by atoms with van der Waals surface area (Å²) in [5, 5.41) is 0.532. The van der Waals surface area contributed by atoms with Crippen molar-refractivity contribution in [3.05, 3.63) is 30.1 Å². The van der Waals surface area contributed by atoms with Crippen molar-refractivity contribution in [2.75, 3.05) is 12.3 Å². The first-order chi connectivity index (χ1) is 12.3. The van der Waals surface area contributed by atoms with E-state index in [0.717, 1.165) is 25.0 Å². The fourth-order valence-corrected chi connectivity index (χ4v) is 2.78. The summed E-state index contributed by atoms with van der Waals surface area (Å²) < 4.78 is 45.8. The van der Waals surface area contributed by atoms with Gasteiger partial charge < -0.3 is 15.0 Å². The molecule has 26 heavy (non-hydrogen) atoms. The van der Waals surface area contributed by atoms with Crippen molar-refractivity contribution in [2.45, 2.75) is 32.5 Å². The lowest BCUT2D eigenvalue weighted by atomic mass is 10.1. The molecule has 3 rings (SSSR count). The van der Waals surface area contributed by atoms with Gasteiger partial charge >= 0.3 is 12.1 Å². The van der Waals surface area contributed by atoms with Gasteiger partial charge in [-0.05, 0) is 24.6 Å². The molecule has 2 aromatic heterocycles. The molecule has 0 spiro atoms. The molecule has 9 heteroatoms. The summed E-state index contributed by atoms with van der Waals surface area (Å²) in [5.41, 5.74) is 5.76. The Bertz CT molecular complexity index is 966. The highest BCUT2D eigenvalue weighted by Gasteiger charge is 2.31. The first-order valence-corrected chi connectivity index (χ1v) is 8.08. The Balaban J connectivity index is 2.12. The normalized spacial score (nSPS) is 12.0. The number of carbonyl (C=O) groups is 1. The highest BCUT2D eigenvalue weighted by atomic mass is 19.4. The van der Waals surface area contributed by atoms with E-state index < -0.39 is 17.7 Å². The van der Waals surface area contributed by atoms with Gasteiger partial charge in [0.05, 0.1) is 23.1 Å². The van der Waals surface area contributed by atoms with E-state index in [-0.39, 0.29) is 23.1 Å². The van der Waals surface area contributed by atoms with Crippen LogP contribution in [0.25, 0.3) is 21.9 Å². The minimum atomic E-state index is -4.49. The summed E-state index contributed by atoms with van der Waals surface area (Å²) >= 11 is 0. The number of aromatic nitrogens is 3. The molecule has 2 heterocycles. The van der Waals surface area contributed by atoms with Crippen molar-refractivity contribution < 1.29 is 22.7 Å². The smallest absolute Gasteiger partial charge is 0.416 e. The number of hydrogen-bond donors (Lipinski definition) is 1. The summed E-state index contributed by atoms with van der Waals surface area (Å²) in [6, 6.07) is 3.26. The minimum absolute atomic E-state index is 0.0532. The van der Waals surface area contributed by atoms with Crippen LogP contribution in [0.3, 0.4) is 0 Å². The molecule has 0 fully saturated rings. The van der Waals surface area contributed by atoms with E-state index in [1.165, 1.54) is 17.0 Å². The second-order valence-electron chi connectivity index (χ2n) is 5.85. The number of fused-ring (bicyclic) bond motifs is 3. The Labute approximate surface area is 146 Å². The average molecular weight is 366 g/mol. The maximum atomic E-state index is 13.1. The SMILES string of the molecule is CCCCOC(=O)Cn1c2ccc(C(F)(F)F)cc2c2c(N)ncnc21. The van der Waals surface area contributed by atoms with Crippen molar-refractivity contribution in [3.63, 3.8) is 0 Å². The molecule has 138 valence electrons. The third-order valence-corrected chi connectivity index (χ3v) is 4.04. The number of anilines is 1. The van der Waals surface area contributed by atoms with Crippen molar-refractivity contribution in [3.8, 4) is 0 Å². The zero-order chi connectivity index (χ0) is 18.9. The molecule has 0 aliphatic heterocycles. The second-order valence-corrected chi connectivity index (χ2v) is 5.85. The van der Waals surface area contributed by atoms with Gasteiger partial charge in [-0.15, -0.1) is 0 Å². The molecule has 0 saturated heterocycles. The number of halogens is 3. The van der Waals surface area contributed by atoms with Gasteiger partial charge in [-0.25, -0.2) is 9.97 Å². The van der Waals surface area contributed by atoms with E-state index >= 15 is 0 Å². The predicted molar refractivity (Wildman–Crippen MR) is 90.3 cm³/mol. The maximum Gasteiger partial charge on any atom is 0.416 e. The van der Waals surface area contributed by atoms with E-state index in [2.05, 4.69) is 9.97 Å². The molecule has 0 aliphatic carbocycles. The third-order valence-electron chi connectivity index (χ3n) is 4.04. The summed E-state index contributed by atoms with van der Waals surface area (Å²) in [4.78, 5) is 20.0. The van der Waals surface area contributed by atoms with Crippen LogP contribution in [0.5, 0.6) is 0 Å². The summed E-state index contributed by atoms with van der Waals surface area (Å²) in [6.45, 7) is 2.09. The average Bonchev–Trinajstić information content (AvgIpc) is 2.89. The largest absolute Gasteiger partial charge is 0.464 e. The molecule has 0 radical (unpaired) electrons. The number of rotatable bonds is 5. The maximum absolute atomic E-state index is 13.1. The van der Waals surface area contributed by atoms with Crippen molar-refractivity contribution in [2.24, 2.45) is 0 Å². The minimum Gasteiger partial charge on any atom is -0.464 e. The fourth-order valence-electron chi connectivity index (χ4n) is 2.78. The lowest BCUT2D eigenvalue weighted by Gasteiger charge is -2.09. The number of nitrogen functional groups attached to an aromatic ring is 1. The van der Waals surface area contributed by atoms with Crippen LogP contribution in [0.4, 0.5) is 19.0 Å². The standard InChI is InChI=1S/C17H17F3N4O2/c1-2-3-6-26-13(25)8-24-12-5-4-10(17(18,19)20)7-11(12)14-15(21)22-9-23-16(14)24/h4-5,7,9H,2-3,6,8H2,1H3,(H2,21,22,23). The van der Waals surface area contributed by atoms with Crippen LogP contribution in [0.2, 0.25) is 0 Å². The summed E-state index contributed by atoms with van der Waals surface area (Å²) in [5.74, 6) is -0.438. The zero-order valence-corrected chi connectivity index (χ0v) is 14.0. The Morgan fingerprint density at radius 2 is 2.08 bits per heavy atom. The Morgan fingerprint density at radius 1 is 1.31 bits per heavy atom. The Morgan fingerprint density at radius 3 is 2.77 bits per heavy atom. The van der Waals surface area contributed by atoms with E-state index in [9.17, 15) is 18.0 Å². The number of ether oxygens (including phenoxy) is 1. The van der Waals surface area contributed by atoms with Gasteiger partial charge in [0.2, 0.25) is 0 Å². The molecule has 0 saturated carbocycles. The van der Waals surface area contributed by atoms with Crippen LogP contribution >= 0.6 is 0 Å². The number of unbranched alkanes of at least 4 members (excludes halogenated alkanes) is 1. The lowest BCUT2D eigenvalue weighted by Crippen LogP contribution is -2.14. The van der Waals surface area contributed by atoms with Gasteiger partial charge in [-0.2, -0.15) is 13.2 Å². The van der Waals surface area contributed by atoms with E-state index in [1.807, 2.05) is 6.92 Å². The van der Waals surface area contributed by atoms with Crippen molar-refractivity contribution >= 4 is 33.7 Å². The van der Waals surface area contributed by atoms with Gasteiger partial charge in [0.25, 0.3) is 0 Å². The first kappa shape index (κ1) is 18.0. The summed E-state index contributed by atoms with van der Waals surface area (Å²) in [7, 11) is 0.